The molecule has 1 nitrogen and oxygen atoms in total. The molecule has 3 unspecified atom stereocenters. The highest BCUT2D eigenvalue weighted by Gasteiger charge is 2.39. The molecule has 0 amide bonds. The van der Waals surface area contributed by atoms with Crippen LogP contribution in [0.2, 0.25) is 0 Å². The van der Waals surface area contributed by atoms with Gasteiger partial charge in [-0.05, 0) is 24.7 Å². The Balaban J connectivity index is 2.74. The van der Waals surface area contributed by atoms with Gasteiger partial charge in [0.1, 0.15) is 0 Å². The third kappa shape index (κ3) is 2.11. The highest BCUT2D eigenvalue weighted by atomic mass is 14.5. The van der Waals surface area contributed by atoms with E-state index in [1.165, 1.54) is 19.3 Å². The lowest BCUT2D eigenvalue weighted by molar-refractivity contribution is 0.127. The molecule has 0 N–H and O–H groups in total. The summed E-state index contributed by atoms with van der Waals surface area (Å²) in [6.45, 7) is 6.72. The van der Waals surface area contributed by atoms with E-state index in [0.717, 1.165) is 25.2 Å². The first kappa shape index (κ1) is 11.6. The summed E-state index contributed by atoms with van der Waals surface area (Å²) >= 11 is 0. The van der Waals surface area contributed by atoms with Crippen molar-refractivity contribution in [2.75, 3.05) is 0 Å². The maximum absolute atomic E-state index is 9.41. The lowest BCUT2D eigenvalue weighted by atomic mass is 9.63. The molecule has 14 heavy (non-hydrogen) atoms. The van der Waals surface area contributed by atoms with Gasteiger partial charge in [0.15, 0.2) is 0 Å². The molecule has 80 valence electrons. The summed E-state index contributed by atoms with van der Waals surface area (Å²) in [5.74, 6) is 1.37. The monoisotopic (exact) mass is 193 g/mol. The molecule has 0 saturated heterocycles. The highest BCUT2D eigenvalue weighted by molar-refractivity contribution is 5.04. The van der Waals surface area contributed by atoms with Gasteiger partial charge in [-0.15, -0.1) is 0 Å². The first-order valence-electron chi connectivity index (χ1n) is 6.09. The van der Waals surface area contributed by atoms with Crippen LogP contribution in [-0.2, 0) is 0 Å². The van der Waals surface area contributed by atoms with Gasteiger partial charge in [-0.1, -0.05) is 46.5 Å². The van der Waals surface area contributed by atoms with Crippen molar-refractivity contribution in [2.45, 2.75) is 59.3 Å². The van der Waals surface area contributed by atoms with E-state index in [1.807, 2.05) is 0 Å². The number of nitrogens with zero attached hydrogens (tertiary/aromatic N) is 1. The molecule has 1 aliphatic rings. The number of nitriles is 1. The zero-order chi connectivity index (χ0) is 10.6. The van der Waals surface area contributed by atoms with Crippen molar-refractivity contribution in [3.05, 3.63) is 0 Å². The fourth-order valence-corrected chi connectivity index (χ4v) is 2.82. The second kappa shape index (κ2) is 4.82. The Labute approximate surface area is 88.5 Å². The number of rotatable bonds is 3. The van der Waals surface area contributed by atoms with Crippen molar-refractivity contribution >= 4 is 0 Å². The van der Waals surface area contributed by atoms with Crippen molar-refractivity contribution in [1.29, 1.82) is 5.26 Å². The van der Waals surface area contributed by atoms with Crippen LogP contribution in [0.25, 0.3) is 0 Å². The molecule has 1 fully saturated rings. The maximum Gasteiger partial charge on any atom is 0.0692 e. The lowest BCUT2D eigenvalue weighted by Crippen LogP contribution is -2.33. The predicted molar refractivity (Wildman–Crippen MR) is 59.8 cm³/mol. The molecule has 0 heterocycles. The van der Waals surface area contributed by atoms with Gasteiger partial charge >= 0.3 is 0 Å². The van der Waals surface area contributed by atoms with Crippen molar-refractivity contribution in [3.8, 4) is 6.07 Å². The second-order valence-electron chi connectivity index (χ2n) is 4.95. The zero-order valence-electron chi connectivity index (χ0n) is 9.84. The first-order chi connectivity index (χ1) is 6.68. The van der Waals surface area contributed by atoms with Crippen LogP contribution in [-0.4, -0.2) is 0 Å². The SMILES string of the molecule is CCC1CCCC(C#N)(C(C)CC)C1. The van der Waals surface area contributed by atoms with E-state index in [0.29, 0.717) is 5.92 Å². The Kier molecular flexibility index (Phi) is 3.98. The molecule has 0 aromatic carbocycles. The summed E-state index contributed by atoms with van der Waals surface area (Å²) < 4.78 is 0. The summed E-state index contributed by atoms with van der Waals surface area (Å²) in [6.07, 6.45) is 7.28. The third-order valence-electron chi connectivity index (χ3n) is 4.24. The standard InChI is InChI=1S/C13H23N/c1-4-11(3)13(10-14)8-6-7-12(5-2)9-13/h11-12H,4-9H2,1-3H3. The molecule has 0 bridgehead atoms. The van der Waals surface area contributed by atoms with E-state index in [2.05, 4.69) is 26.8 Å². The lowest BCUT2D eigenvalue weighted by Gasteiger charge is -2.39. The van der Waals surface area contributed by atoms with Crippen molar-refractivity contribution < 1.29 is 0 Å². The summed E-state index contributed by atoms with van der Waals surface area (Å²) in [6, 6.07) is 2.63. The summed E-state index contributed by atoms with van der Waals surface area (Å²) in [5, 5.41) is 9.41. The topological polar surface area (TPSA) is 23.8 Å². The van der Waals surface area contributed by atoms with E-state index >= 15 is 0 Å². The summed E-state index contributed by atoms with van der Waals surface area (Å²) in [4.78, 5) is 0. The highest BCUT2D eigenvalue weighted by Crippen LogP contribution is 2.46. The summed E-state index contributed by atoms with van der Waals surface area (Å²) in [5.41, 5.74) is 0.00762. The average molecular weight is 193 g/mol. The minimum Gasteiger partial charge on any atom is -0.198 e. The van der Waals surface area contributed by atoms with Gasteiger partial charge < -0.3 is 0 Å². The fourth-order valence-electron chi connectivity index (χ4n) is 2.82. The Morgan fingerprint density at radius 2 is 2.21 bits per heavy atom. The molecule has 0 aliphatic heterocycles. The predicted octanol–water partition coefficient (Wildman–Crippen LogP) is 4.14. The van der Waals surface area contributed by atoms with Crippen molar-refractivity contribution in [1.82, 2.24) is 0 Å². The normalized spacial score (nSPS) is 34.9. The molecule has 0 aromatic rings. The molecule has 1 aliphatic carbocycles. The van der Waals surface area contributed by atoms with E-state index < -0.39 is 0 Å². The van der Waals surface area contributed by atoms with Gasteiger partial charge in [0, 0.05) is 0 Å². The third-order valence-corrected chi connectivity index (χ3v) is 4.24. The Morgan fingerprint density at radius 3 is 2.71 bits per heavy atom. The Morgan fingerprint density at radius 1 is 1.50 bits per heavy atom. The van der Waals surface area contributed by atoms with E-state index in [9.17, 15) is 5.26 Å². The second-order valence-corrected chi connectivity index (χ2v) is 4.95. The average Bonchev–Trinajstić information content (AvgIpc) is 2.27. The molecule has 0 radical (unpaired) electrons. The largest absolute Gasteiger partial charge is 0.198 e. The Hall–Kier alpha value is -0.510. The fraction of sp³-hybridized carbons (Fsp3) is 0.923. The van der Waals surface area contributed by atoms with Crippen LogP contribution < -0.4 is 0 Å². The summed E-state index contributed by atoms with van der Waals surface area (Å²) in [7, 11) is 0. The minimum absolute atomic E-state index is 0.00762. The molecule has 0 aromatic heterocycles. The Bertz CT molecular complexity index is 216. The number of hydrogen-bond donors (Lipinski definition) is 0. The van der Waals surface area contributed by atoms with Gasteiger partial charge in [-0.2, -0.15) is 5.26 Å². The zero-order valence-corrected chi connectivity index (χ0v) is 9.84. The maximum atomic E-state index is 9.41. The van der Waals surface area contributed by atoms with Crippen molar-refractivity contribution in [2.24, 2.45) is 17.3 Å². The van der Waals surface area contributed by atoms with Gasteiger partial charge in [0.05, 0.1) is 11.5 Å². The van der Waals surface area contributed by atoms with E-state index in [1.54, 1.807) is 0 Å². The van der Waals surface area contributed by atoms with Crippen LogP contribution in [0, 0.1) is 28.6 Å². The molecular weight excluding hydrogens is 170 g/mol. The van der Waals surface area contributed by atoms with Gasteiger partial charge in [0.25, 0.3) is 0 Å². The van der Waals surface area contributed by atoms with E-state index in [4.69, 9.17) is 0 Å². The smallest absolute Gasteiger partial charge is 0.0692 e. The van der Waals surface area contributed by atoms with Crippen LogP contribution in [0.1, 0.15) is 59.3 Å². The van der Waals surface area contributed by atoms with Crippen LogP contribution in [0.3, 0.4) is 0 Å². The van der Waals surface area contributed by atoms with E-state index in [-0.39, 0.29) is 5.41 Å². The number of hydrogen-bond acceptors (Lipinski definition) is 1. The molecule has 1 saturated carbocycles. The van der Waals surface area contributed by atoms with Crippen LogP contribution >= 0.6 is 0 Å². The van der Waals surface area contributed by atoms with Gasteiger partial charge in [-0.3, -0.25) is 0 Å². The van der Waals surface area contributed by atoms with Crippen LogP contribution in [0.4, 0.5) is 0 Å². The van der Waals surface area contributed by atoms with Crippen LogP contribution in [0.5, 0.6) is 0 Å². The molecular formula is C13H23N. The minimum atomic E-state index is 0.00762. The van der Waals surface area contributed by atoms with Gasteiger partial charge in [0.2, 0.25) is 0 Å². The molecule has 0 spiro atoms. The molecule has 1 rings (SSSR count). The van der Waals surface area contributed by atoms with Gasteiger partial charge in [-0.25, -0.2) is 0 Å². The quantitative estimate of drug-likeness (QED) is 0.660. The van der Waals surface area contributed by atoms with Crippen molar-refractivity contribution in [3.63, 3.8) is 0 Å². The molecule has 3 atom stereocenters. The molecule has 1 heteroatoms. The van der Waals surface area contributed by atoms with Crippen LogP contribution in [0.15, 0.2) is 0 Å². The first-order valence-corrected chi connectivity index (χ1v) is 6.09.